The lowest BCUT2D eigenvalue weighted by Crippen LogP contribution is -2.15. The highest BCUT2D eigenvalue weighted by molar-refractivity contribution is 9.10. The molecule has 1 heterocycles. The Hall–Kier alpha value is -1.39. The molecule has 1 aliphatic heterocycles. The Morgan fingerprint density at radius 1 is 1.29 bits per heavy atom. The fourth-order valence-corrected chi connectivity index (χ4v) is 3.14. The number of fused-ring (bicyclic) bond motifs is 1. The van der Waals surface area contributed by atoms with Gasteiger partial charge in [0, 0.05) is 12.2 Å². The van der Waals surface area contributed by atoms with Crippen molar-refractivity contribution >= 4 is 21.6 Å². The molecule has 110 valence electrons. The van der Waals surface area contributed by atoms with Crippen molar-refractivity contribution in [3.63, 3.8) is 0 Å². The summed E-state index contributed by atoms with van der Waals surface area (Å²) in [6.45, 7) is 3.80. The lowest BCUT2D eigenvalue weighted by molar-refractivity contribution is 0.618. The van der Waals surface area contributed by atoms with Gasteiger partial charge in [-0.2, -0.15) is 0 Å². The zero-order chi connectivity index (χ0) is 14.8. The molecule has 4 heteroatoms. The number of rotatable bonds is 2. The summed E-state index contributed by atoms with van der Waals surface area (Å²) < 4.78 is 14.1. The van der Waals surface area contributed by atoms with Crippen molar-refractivity contribution in [1.29, 1.82) is 0 Å². The van der Waals surface area contributed by atoms with E-state index < -0.39 is 0 Å². The quantitative estimate of drug-likeness (QED) is 0.832. The normalized spacial score (nSPS) is 18.0. The van der Waals surface area contributed by atoms with E-state index in [4.69, 9.17) is 0 Å². The van der Waals surface area contributed by atoms with Gasteiger partial charge >= 0.3 is 0 Å². The number of hydrogen-bond donors (Lipinski definition) is 2. The Balaban J connectivity index is 1.93. The van der Waals surface area contributed by atoms with Crippen LogP contribution in [0.3, 0.4) is 0 Å². The second-order valence-electron chi connectivity index (χ2n) is 5.44. The van der Waals surface area contributed by atoms with E-state index in [2.05, 4.69) is 50.8 Å². The molecule has 0 radical (unpaired) electrons. The summed E-state index contributed by atoms with van der Waals surface area (Å²) in [5.41, 5.74) is 4.55. The fraction of sp³-hybridized carbons (Fsp3) is 0.294. The third kappa shape index (κ3) is 3.11. The molecule has 0 spiro atoms. The van der Waals surface area contributed by atoms with Gasteiger partial charge < -0.3 is 10.6 Å². The predicted molar refractivity (Wildman–Crippen MR) is 88.0 cm³/mol. The van der Waals surface area contributed by atoms with E-state index in [-0.39, 0.29) is 11.9 Å². The molecule has 2 aromatic rings. The first-order valence-electron chi connectivity index (χ1n) is 7.16. The van der Waals surface area contributed by atoms with Crippen molar-refractivity contribution < 1.29 is 4.39 Å². The van der Waals surface area contributed by atoms with Gasteiger partial charge in [0.25, 0.3) is 0 Å². The lowest BCUT2D eigenvalue weighted by atomic mass is 9.98. The summed E-state index contributed by atoms with van der Waals surface area (Å²) in [7, 11) is 0. The SMILES string of the molecule is Cc1cc(F)c(Br)cc1NC1CCNCc2ccccc21. The van der Waals surface area contributed by atoms with Crippen LogP contribution in [-0.2, 0) is 6.54 Å². The standard InChI is InChI=1S/C17H18BrFN2/c1-11-8-15(19)14(18)9-17(11)21-16-6-7-20-10-12-4-2-3-5-13(12)16/h2-5,8-9,16,20-21H,6-7,10H2,1H3. The van der Waals surface area contributed by atoms with Crippen molar-refractivity contribution in [1.82, 2.24) is 5.32 Å². The van der Waals surface area contributed by atoms with E-state index in [0.717, 1.165) is 30.8 Å². The van der Waals surface area contributed by atoms with Gasteiger partial charge in [0.05, 0.1) is 10.5 Å². The Morgan fingerprint density at radius 3 is 2.95 bits per heavy atom. The molecule has 3 rings (SSSR count). The third-order valence-corrected chi connectivity index (χ3v) is 4.56. The van der Waals surface area contributed by atoms with E-state index >= 15 is 0 Å². The molecule has 2 aromatic carbocycles. The van der Waals surface area contributed by atoms with Gasteiger partial charge in [-0.1, -0.05) is 24.3 Å². The largest absolute Gasteiger partial charge is 0.378 e. The van der Waals surface area contributed by atoms with Gasteiger partial charge in [0.15, 0.2) is 0 Å². The van der Waals surface area contributed by atoms with E-state index in [1.165, 1.54) is 11.1 Å². The molecule has 2 nitrogen and oxygen atoms in total. The highest BCUT2D eigenvalue weighted by Gasteiger charge is 2.18. The van der Waals surface area contributed by atoms with Gasteiger partial charge in [-0.15, -0.1) is 0 Å². The van der Waals surface area contributed by atoms with Crippen LogP contribution in [0.15, 0.2) is 40.9 Å². The molecule has 0 saturated carbocycles. The number of benzene rings is 2. The van der Waals surface area contributed by atoms with Crippen LogP contribution in [0.25, 0.3) is 0 Å². The Kier molecular flexibility index (Phi) is 4.27. The molecule has 2 N–H and O–H groups in total. The molecular formula is C17H18BrFN2. The summed E-state index contributed by atoms with van der Waals surface area (Å²) in [5.74, 6) is -0.221. The second kappa shape index (κ2) is 6.16. The molecule has 21 heavy (non-hydrogen) atoms. The molecule has 0 aromatic heterocycles. The minimum absolute atomic E-state index is 0.221. The highest BCUT2D eigenvalue weighted by atomic mass is 79.9. The third-order valence-electron chi connectivity index (χ3n) is 3.95. The maximum atomic E-state index is 13.6. The van der Waals surface area contributed by atoms with Gasteiger partial charge in [0.2, 0.25) is 0 Å². The average Bonchev–Trinajstić information content (AvgIpc) is 2.67. The Bertz CT molecular complexity index is 657. The first-order chi connectivity index (χ1) is 10.1. The molecule has 1 unspecified atom stereocenters. The first kappa shape index (κ1) is 14.5. The number of halogens is 2. The van der Waals surface area contributed by atoms with Crippen LogP contribution in [-0.4, -0.2) is 6.54 Å². The lowest BCUT2D eigenvalue weighted by Gasteiger charge is -2.22. The maximum absolute atomic E-state index is 13.6. The van der Waals surface area contributed by atoms with Crippen molar-refractivity contribution in [2.45, 2.75) is 25.9 Å². The molecule has 0 saturated heterocycles. The van der Waals surface area contributed by atoms with Crippen molar-refractivity contribution in [3.8, 4) is 0 Å². The molecule has 1 aliphatic rings. The number of aryl methyl sites for hydroxylation is 1. The van der Waals surface area contributed by atoms with E-state index in [0.29, 0.717) is 4.47 Å². The molecular weight excluding hydrogens is 331 g/mol. The molecule has 0 bridgehead atoms. The van der Waals surface area contributed by atoms with Crippen molar-refractivity contribution in [2.24, 2.45) is 0 Å². The zero-order valence-electron chi connectivity index (χ0n) is 11.9. The Labute approximate surface area is 132 Å². The van der Waals surface area contributed by atoms with E-state index in [9.17, 15) is 4.39 Å². The number of nitrogens with one attached hydrogen (secondary N) is 2. The fourth-order valence-electron chi connectivity index (χ4n) is 2.80. The number of hydrogen-bond acceptors (Lipinski definition) is 2. The van der Waals surface area contributed by atoms with Crippen molar-refractivity contribution in [2.75, 3.05) is 11.9 Å². The second-order valence-corrected chi connectivity index (χ2v) is 6.30. The summed E-state index contributed by atoms with van der Waals surface area (Å²) in [6, 6.07) is 12.1. The van der Waals surface area contributed by atoms with Crippen LogP contribution in [0.1, 0.15) is 29.2 Å². The summed E-state index contributed by atoms with van der Waals surface area (Å²) in [5, 5.41) is 7.02. The summed E-state index contributed by atoms with van der Waals surface area (Å²) >= 11 is 3.26. The van der Waals surface area contributed by atoms with Gasteiger partial charge in [-0.05, 0) is 64.6 Å². The van der Waals surface area contributed by atoms with E-state index in [1.807, 2.05) is 13.0 Å². The average molecular weight is 349 g/mol. The summed E-state index contributed by atoms with van der Waals surface area (Å²) in [4.78, 5) is 0. The van der Waals surface area contributed by atoms with Crippen LogP contribution >= 0.6 is 15.9 Å². The smallest absolute Gasteiger partial charge is 0.137 e. The summed E-state index contributed by atoms with van der Waals surface area (Å²) in [6.07, 6.45) is 1.01. The molecule has 0 aliphatic carbocycles. The van der Waals surface area contributed by atoms with Crippen LogP contribution < -0.4 is 10.6 Å². The number of anilines is 1. The Morgan fingerprint density at radius 2 is 2.10 bits per heavy atom. The molecule has 0 fully saturated rings. The minimum Gasteiger partial charge on any atom is -0.378 e. The maximum Gasteiger partial charge on any atom is 0.137 e. The molecule has 0 amide bonds. The van der Waals surface area contributed by atoms with E-state index in [1.54, 1.807) is 6.07 Å². The van der Waals surface area contributed by atoms with Gasteiger partial charge in [-0.3, -0.25) is 0 Å². The van der Waals surface area contributed by atoms with Crippen LogP contribution in [0.4, 0.5) is 10.1 Å². The monoisotopic (exact) mass is 348 g/mol. The van der Waals surface area contributed by atoms with Gasteiger partial charge in [-0.25, -0.2) is 4.39 Å². The zero-order valence-corrected chi connectivity index (χ0v) is 13.5. The van der Waals surface area contributed by atoms with Crippen molar-refractivity contribution in [3.05, 3.63) is 63.4 Å². The first-order valence-corrected chi connectivity index (χ1v) is 7.95. The topological polar surface area (TPSA) is 24.1 Å². The highest BCUT2D eigenvalue weighted by Crippen LogP contribution is 2.31. The predicted octanol–water partition coefficient (Wildman–Crippen LogP) is 4.54. The van der Waals surface area contributed by atoms with Crippen LogP contribution in [0, 0.1) is 12.7 Å². The van der Waals surface area contributed by atoms with Gasteiger partial charge in [0.1, 0.15) is 5.82 Å². The van der Waals surface area contributed by atoms with Crippen LogP contribution in [0.2, 0.25) is 0 Å². The van der Waals surface area contributed by atoms with Crippen LogP contribution in [0.5, 0.6) is 0 Å². The minimum atomic E-state index is -0.221. The molecule has 1 atom stereocenters.